The Balaban J connectivity index is 0.00000625. The van der Waals surface area contributed by atoms with E-state index < -0.39 is 9.84 Å². The molecule has 0 saturated carbocycles. The van der Waals surface area contributed by atoms with Gasteiger partial charge in [0.15, 0.2) is 5.96 Å². The molecule has 8 heteroatoms. The molecule has 6 nitrogen and oxygen atoms in total. The highest BCUT2D eigenvalue weighted by molar-refractivity contribution is 14.0. The smallest absolute Gasteiger partial charge is 0.191 e. The lowest BCUT2D eigenvalue weighted by Crippen LogP contribution is -2.45. The summed E-state index contributed by atoms with van der Waals surface area (Å²) in [6.45, 7) is 4.74. The van der Waals surface area contributed by atoms with Crippen LogP contribution in [0.3, 0.4) is 0 Å². The van der Waals surface area contributed by atoms with Crippen LogP contribution in [-0.4, -0.2) is 65.0 Å². The van der Waals surface area contributed by atoms with Gasteiger partial charge in [-0.25, -0.2) is 8.42 Å². The van der Waals surface area contributed by atoms with Crippen LogP contribution in [0, 0.1) is 6.92 Å². The fourth-order valence-electron chi connectivity index (χ4n) is 2.47. The van der Waals surface area contributed by atoms with E-state index in [0.717, 1.165) is 0 Å². The predicted molar refractivity (Wildman–Crippen MR) is 121 cm³/mol. The van der Waals surface area contributed by atoms with Crippen molar-refractivity contribution in [3.63, 3.8) is 0 Å². The highest BCUT2D eigenvalue weighted by Crippen LogP contribution is 2.17. The van der Waals surface area contributed by atoms with Crippen LogP contribution < -0.4 is 10.6 Å². The first-order valence-electron chi connectivity index (χ1n) is 8.50. The van der Waals surface area contributed by atoms with Crippen molar-refractivity contribution in [2.45, 2.75) is 32.4 Å². The van der Waals surface area contributed by atoms with Crippen LogP contribution in [0.2, 0.25) is 0 Å². The summed E-state index contributed by atoms with van der Waals surface area (Å²) in [6.07, 6.45) is 1.81. The van der Waals surface area contributed by atoms with Crippen LogP contribution in [-0.2, 0) is 9.84 Å². The summed E-state index contributed by atoms with van der Waals surface area (Å²) < 4.78 is 22.6. The predicted octanol–water partition coefficient (Wildman–Crippen LogP) is 2.20. The normalized spacial score (nSPS) is 14.5. The highest BCUT2D eigenvalue weighted by atomic mass is 127. The van der Waals surface area contributed by atoms with E-state index in [4.69, 9.17) is 0 Å². The van der Waals surface area contributed by atoms with Crippen LogP contribution in [0.15, 0.2) is 29.3 Å². The first-order valence-corrected chi connectivity index (χ1v) is 10.6. The van der Waals surface area contributed by atoms with Gasteiger partial charge in [0.2, 0.25) is 0 Å². The lowest BCUT2D eigenvalue weighted by atomic mass is 10.0. The molecule has 150 valence electrons. The number of benzene rings is 1. The summed E-state index contributed by atoms with van der Waals surface area (Å²) in [5.74, 6) is 0.849. The van der Waals surface area contributed by atoms with Crippen molar-refractivity contribution < 1.29 is 8.42 Å². The van der Waals surface area contributed by atoms with Crippen molar-refractivity contribution in [3.8, 4) is 0 Å². The van der Waals surface area contributed by atoms with Crippen LogP contribution in [0.25, 0.3) is 0 Å². The molecule has 2 atom stereocenters. The van der Waals surface area contributed by atoms with E-state index in [0.29, 0.717) is 18.9 Å². The molecular weight excluding hydrogens is 463 g/mol. The number of aryl methyl sites for hydroxylation is 1. The number of hydrogen-bond acceptors (Lipinski definition) is 4. The number of sulfone groups is 1. The number of halogens is 1. The number of guanidine groups is 1. The van der Waals surface area contributed by atoms with Gasteiger partial charge in [-0.1, -0.05) is 29.8 Å². The Labute approximate surface area is 175 Å². The van der Waals surface area contributed by atoms with Crippen molar-refractivity contribution >= 4 is 39.8 Å². The summed E-state index contributed by atoms with van der Waals surface area (Å²) in [4.78, 5) is 6.40. The molecule has 0 aromatic heterocycles. The largest absolute Gasteiger partial charge is 0.354 e. The van der Waals surface area contributed by atoms with Crippen LogP contribution >= 0.6 is 24.0 Å². The molecule has 0 spiro atoms. The van der Waals surface area contributed by atoms with Gasteiger partial charge in [-0.3, -0.25) is 4.99 Å². The molecule has 0 radical (unpaired) electrons. The molecule has 0 bridgehead atoms. The molecular formula is C18H33IN4O2S. The van der Waals surface area contributed by atoms with Gasteiger partial charge in [0.1, 0.15) is 9.84 Å². The van der Waals surface area contributed by atoms with Crippen LogP contribution in [0.1, 0.15) is 30.5 Å². The number of aliphatic imine (C=N–C) groups is 1. The second-order valence-corrected chi connectivity index (χ2v) is 9.07. The second-order valence-electron chi connectivity index (χ2n) is 6.81. The minimum Gasteiger partial charge on any atom is -0.354 e. The molecule has 1 aromatic rings. The second kappa shape index (κ2) is 11.8. The topological polar surface area (TPSA) is 73.8 Å². The summed E-state index contributed by atoms with van der Waals surface area (Å²) in [7, 11) is 2.88. The van der Waals surface area contributed by atoms with E-state index in [1.54, 1.807) is 7.05 Å². The third-order valence-corrected chi connectivity index (χ3v) is 5.05. The SMILES string of the molecule is CN=C(NCC(c1ccc(C)cc1)N(C)C)NC(C)CCS(C)(=O)=O.I. The zero-order chi connectivity index (χ0) is 19.0. The number of likely N-dealkylation sites (N-methyl/N-ethyl adjacent to an activating group) is 1. The highest BCUT2D eigenvalue weighted by Gasteiger charge is 2.15. The van der Waals surface area contributed by atoms with E-state index in [-0.39, 0.29) is 41.8 Å². The van der Waals surface area contributed by atoms with Crippen LogP contribution in [0.5, 0.6) is 0 Å². The Morgan fingerprint density at radius 2 is 1.81 bits per heavy atom. The lowest BCUT2D eigenvalue weighted by molar-refractivity contribution is 0.298. The van der Waals surface area contributed by atoms with Gasteiger partial charge >= 0.3 is 0 Å². The van der Waals surface area contributed by atoms with E-state index >= 15 is 0 Å². The van der Waals surface area contributed by atoms with E-state index in [9.17, 15) is 8.42 Å². The first kappa shape index (κ1) is 25.1. The summed E-state index contributed by atoms with van der Waals surface area (Å²) in [5, 5.41) is 6.59. The Morgan fingerprint density at radius 3 is 2.27 bits per heavy atom. The quantitative estimate of drug-likeness (QED) is 0.328. The molecule has 26 heavy (non-hydrogen) atoms. The van der Waals surface area contributed by atoms with Crippen molar-refractivity contribution in [2.75, 3.05) is 39.7 Å². The first-order chi connectivity index (χ1) is 11.6. The van der Waals surface area contributed by atoms with E-state index in [1.165, 1.54) is 17.4 Å². The summed E-state index contributed by atoms with van der Waals surface area (Å²) in [6, 6.07) is 8.76. The maximum Gasteiger partial charge on any atom is 0.191 e. The van der Waals surface area contributed by atoms with Crippen molar-refractivity contribution in [1.29, 1.82) is 0 Å². The zero-order valence-corrected chi connectivity index (χ0v) is 19.8. The summed E-state index contributed by atoms with van der Waals surface area (Å²) in [5.41, 5.74) is 2.48. The Kier molecular flexibility index (Phi) is 11.4. The molecule has 0 aliphatic carbocycles. The fourth-order valence-corrected chi connectivity index (χ4v) is 3.25. The molecule has 1 aromatic carbocycles. The monoisotopic (exact) mass is 496 g/mol. The molecule has 0 aliphatic heterocycles. The molecule has 0 heterocycles. The number of nitrogens with zero attached hydrogens (tertiary/aromatic N) is 2. The van der Waals surface area contributed by atoms with Crippen molar-refractivity contribution in [1.82, 2.24) is 15.5 Å². The van der Waals surface area contributed by atoms with Gasteiger partial charge < -0.3 is 15.5 Å². The average Bonchev–Trinajstić information content (AvgIpc) is 2.52. The third kappa shape index (κ3) is 9.72. The van der Waals surface area contributed by atoms with Crippen molar-refractivity contribution in [2.24, 2.45) is 4.99 Å². The summed E-state index contributed by atoms with van der Waals surface area (Å²) >= 11 is 0. The molecule has 2 N–H and O–H groups in total. The number of rotatable bonds is 8. The fraction of sp³-hybridized carbons (Fsp3) is 0.611. The minimum atomic E-state index is -2.95. The van der Waals surface area contributed by atoms with Gasteiger partial charge in [0.05, 0.1) is 11.8 Å². The average molecular weight is 496 g/mol. The van der Waals surface area contributed by atoms with Gasteiger partial charge in [-0.15, -0.1) is 24.0 Å². The molecule has 0 saturated heterocycles. The van der Waals surface area contributed by atoms with E-state index in [1.807, 2.05) is 6.92 Å². The lowest BCUT2D eigenvalue weighted by Gasteiger charge is -2.27. The molecule has 2 unspecified atom stereocenters. The molecule has 0 aliphatic rings. The van der Waals surface area contributed by atoms with Crippen molar-refractivity contribution in [3.05, 3.63) is 35.4 Å². The number of nitrogens with one attached hydrogen (secondary N) is 2. The van der Waals surface area contributed by atoms with Gasteiger partial charge in [-0.05, 0) is 39.9 Å². The maximum absolute atomic E-state index is 11.3. The Morgan fingerprint density at radius 1 is 1.23 bits per heavy atom. The minimum absolute atomic E-state index is 0. The van der Waals surface area contributed by atoms with Gasteiger partial charge in [0.25, 0.3) is 0 Å². The van der Waals surface area contributed by atoms with Crippen LogP contribution in [0.4, 0.5) is 0 Å². The third-order valence-electron chi connectivity index (χ3n) is 4.08. The number of hydrogen-bond donors (Lipinski definition) is 2. The Hall–Kier alpha value is -0.870. The molecule has 0 amide bonds. The van der Waals surface area contributed by atoms with Gasteiger partial charge in [-0.2, -0.15) is 0 Å². The van der Waals surface area contributed by atoms with E-state index in [2.05, 4.69) is 65.8 Å². The van der Waals surface area contributed by atoms with Gasteiger partial charge in [0, 0.05) is 25.9 Å². The maximum atomic E-state index is 11.3. The Bertz CT molecular complexity index is 660. The zero-order valence-electron chi connectivity index (χ0n) is 16.6. The molecule has 0 fully saturated rings. The molecule has 1 rings (SSSR count). The standard InChI is InChI=1S/C18H32N4O2S.HI/c1-14-7-9-16(10-8-14)17(22(4)5)13-20-18(19-3)21-15(2)11-12-25(6,23)24;/h7-10,15,17H,11-13H2,1-6H3,(H2,19,20,21);1H.